The van der Waals surface area contributed by atoms with Crippen molar-refractivity contribution in [1.29, 1.82) is 0 Å². The predicted octanol–water partition coefficient (Wildman–Crippen LogP) is -1.09. The van der Waals surface area contributed by atoms with Crippen LogP contribution in [0.1, 0.15) is 38.5 Å². The molecule has 5 N–H and O–H groups in total. The standard InChI is InChI=1S/C16H26N4O7/c1-17-8-3-5-12(21)19-10-14(23)18-9-7-11(16(26)27)20-13(22)4-2-6-15(24)25/h11H,1-10H2,(H,18,23)(H,19,21)(H,20,22)(H,24,25)(H,26,27)/t11-/m1/s1. The largest absolute Gasteiger partial charge is 0.481 e. The first-order chi connectivity index (χ1) is 12.8. The molecule has 152 valence electrons. The van der Waals surface area contributed by atoms with Gasteiger partial charge in [-0.25, -0.2) is 4.79 Å². The highest BCUT2D eigenvalue weighted by molar-refractivity contribution is 5.85. The summed E-state index contributed by atoms with van der Waals surface area (Å²) in [5.41, 5.74) is 0. The van der Waals surface area contributed by atoms with Crippen molar-refractivity contribution in [2.45, 2.75) is 44.6 Å². The van der Waals surface area contributed by atoms with Gasteiger partial charge in [-0.15, -0.1) is 0 Å². The maximum absolute atomic E-state index is 11.6. The van der Waals surface area contributed by atoms with Gasteiger partial charge < -0.3 is 31.2 Å². The molecular weight excluding hydrogens is 360 g/mol. The molecule has 11 heteroatoms. The van der Waals surface area contributed by atoms with E-state index in [2.05, 4.69) is 27.7 Å². The summed E-state index contributed by atoms with van der Waals surface area (Å²) in [4.78, 5) is 59.8. The van der Waals surface area contributed by atoms with E-state index in [4.69, 9.17) is 10.2 Å². The maximum Gasteiger partial charge on any atom is 0.326 e. The monoisotopic (exact) mass is 386 g/mol. The van der Waals surface area contributed by atoms with E-state index < -0.39 is 29.8 Å². The number of carbonyl (C=O) groups excluding carboxylic acids is 3. The molecule has 0 aromatic carbocycles. The number of aliphatic imine (C=N–C) groups is 1. The van der Waals surface area contributed by atoms with Crippen LogP contribution in [0.5, 0.6) is 0 Å². The van der Waals surface area contributed by atoms with Crippen molar-refractivity contribution in [1.82, 2.24) is 16.0 Å². The SMILES string of the molecule is C=NCCCC(=O)NCC(=O)NCC[C@@H](NC(=O)CCCC(=O)O)C(=O)O. The summed E-state index contributed by atoms with van der Waals surface area (Å²) in [7, 11) is 0. The number of carboxylic acid groups (broad SMARTS) is 2. The van der Waals surface area contributed by atoms with Gasteiger partial charge in [-0.2, -0.15) is 0 Å². The zero-order chi connectivity index (χ0) is 20.7. The molecule has 0 aromatic rings. The average Bonchev–Trinajstić information content (AvgIpc) is 2.58. The second-order valence-corrected chi connectivity index (χ2v) is 5.67. The molecule has 0 rings (SSSR count). The Morgan fingerprint density at radius 2 is 1.56 bits per heavy atom. The van der Waals surface area contributed by atoms with Gasteiger partial charge in [-0.1, -0.05) is 0 Å². The molecule has 0 aliphatic carbocycles. The smallest absolute Gasteiger partial charge is 0.326 e. The van der Waals surface area contributed by atoms with Crippen LogP contribution in [0.4, 0.5) is 0 Å². The molecular formula is C16H26N4O7. The van der Waals surface area contributed by atoms with Crippen molar-refractivity contribution in [3.05, 3.63) is 0 Å². The minimum absolute atomic E-state index is 0.0124. The van der Waals surface area contributed by atoms with Crippen LogP contribution in [0.15, 0.2) is 4.99 Å². The van der Waals surface area contributed by atoms with Crippen molar-refractivity contribution in [2.75, 3.05) is 19.6 Å². The zero-order valence-corrected chi connectivity index (χ0v) is 15.0. The zero-order valence-electron chi connectivity index (χ0n) is 15.0. The molecule has 0 aliphatic heterocycles. The fourth-order valence-corrected chi connectivity index (χ4v) is 1.96. The minimum atomic E-state index is -1.26. The summed E-state index contributed by atoms with van der Waals surface area (Å²) in [6.45, 7) is 3.50. The molecule has 27 heavy (non-hydrogen) atoms. The summed E-state index contributed by atoms with van der Waals surface area (Å²) >= 11 is 0. The van der Waals surface area contributed by atoms with Crippen LogP contribution < -0.4 is 16.0 Å². The molecule has 0 aliphatic rings. The summed E-state index contributed by atoms with van der Waals surface area (Å²) < 4.78 is 0. The van der Waals surface area contributed by atoms with Crippen LogP contribution in [0.25, 0.3) is 0 Å². The van der Waals surface area contributed by atoms with Crippen molar-refractivity contribution < 1.29 is 34.2 Å². The topological polar surface area (TPSA) is 174 Å². The van der Waals surface area contributed by atoms with Crippen LogP contribution in [0.2, 0.25) is 0 Å². The number of hydrogen-bond acceptors (Lipinski definition) is 6. The quantitative estimate of drug-likeness (QED) is 0.176. The molecule has 0 bridgehead atoms. The molecule has 0 heterocycles. The van der Waals surface area contributed by atoms with Gasteiger partial charge in [0.2, 0.25) is 17.7 Å². The Bertz CT molecular complexity index is 551. The highest BCUT2D eigenvalue weighted by Crippen LogP contribution is 1.98. The normalized spacial score (nSPS) is 11.1. The Morgan fingerprint density at radius 3 is 2.15 bits per heavy atom. The summed E-state index contributed by atoms with van der Waals surface area (Å²) in [6.07, 6.45) is 0.523. The van der Waals surface area contributed by atoms with Crippen molar-refractivity contribution in [3.8, 4) is 0 Å². The summed E-state index contributed by atoms with van der Waals surface area (Å²) in [5, 5.41) is 24.7. The molecule has 0 saturated heterocycles. The van der Waals surface area contributed by atoms with Gasteiger partial charge in [0.25, 0.3) is 0 Å². The number of rotatable bonds is 15. The first-order valence-electron chi connectivity index (χ1n) is 8.46. The van der Waals surface area contributed by atoms with Crippen LogP contribution in [-0.4, -0.2) is 72.3 Å². The van der Waals surface area contributed by atoms with Crippen molar-refractivity contribution in [3.63, 3.8) is 0 Å². The Morgan fingerprint density at radius 1 is 0.889 bits per heavy atom. The fourth-order valence-electron chi connectivity index (χ4n) is 1.96. The summed E-state index contributed by atoms with van der Waals surface area (Å²) in [5.74, 6) is -3.66. The van der Waals surface area contributed by atoms with Crippen molar-refractivity contribution in [2.24, 2.45) is 4.99 Å². The lowest BCUT2D eigenvalue weighted by Gasteiger charge is -2.15. The van der Waals surface area contributed by atoms with Gasteiger partial charge in [0.05, 0.1) is 6.54 Å². The Hall–Kier alpha value is -2.98. The molecule has 3 amide bonds. The van der Waals surface area contributed by atoms with E-state index in [1.165, 1.54) is 0 Å². The van der Waals surface area contributed by atoms with Gasteiger partial charge >= 0.3 is 11.9 Å². The van der Waals surface area contributed by atoms with Gasteiger partial charge in [-0.05, 0) is 26.0 Å². The average molecular weight is 386 g/mol. The third kappa shape index (κ3) is 13.9. The number of carboxylic acids is 2. The third-order valence-electron chi connectivity index (χ3n) is 3.35. The van der Waals surface area contributed by atoms with Crippen LogP contribution in [0.3, 0.4) is 0 Å². The number of amides is 3. The van der Waals surface area contributed by atoms with E-state index in [0.29, 0.717) is 13.0 Å². The van der Waals surface area contributed by atoms with E-state index >= 15 is 0 Å². The first-order valence-corrected chi connectivity index (χ1v) is 8.46. The molecule has 0 saturated carbocycles. The molecule has 0 radical (unpaired) electrons. The molecule has 11 nitrogen and oxygen atoms in total. The van der Waals surface area contributed by atoms with E-state index in [1.807, 2.05) is 0 Å². The Kier molecular flexibility index (Phi) is 12.6. The van der Waals surface area contributed by atoms with Crippen molar-refractivity contribution >= 4 is 36.4 Å². The van der Waals surface area contributed by atoms with Crippen LogP contribution in [-0.2, 0) is 24.0 Å². The lowest BCUT2D eigenvalue weighted by molar-refractivity contribution is -0.142. The molecule has 0 fully saturated rings. The van der Waals surface area contributed by atoms with Gasteiger partial charge in [0.1, 0.15) is 6.04 Å². The fraction of sp³-hybridized carbons (Fsp3) is 0.625. The number of nitrogens with zero attached hydrogens (tertiary/aromatic N) is 1. The van der Waals surface area contributed by atoms with E-state index in [-0.39, 0.29) is 51.1 Å². The number of carbonyl (C=O) groups is 5. The highest BCUT2D eigenvalue weighted by atomic mass is 16.4. The second kappa shape index (κ2) is 14.2. The van der Waals surface area contributed by atoms with Crippen LogP contribution >= 0.6 is 0 Å². The van der Waals surface area contributed by atoms with E-state index in [9.17, 15) is 24.0 Å². The molecule has 0 spiro atoms. The number of hydrogen-bond donors (Lipinski definition) is 5. The lowest BCUT2D eigenvalue weighted by atomic mass is 10.1. The number of aliphatic carboxylic acids is 2. The Balaban J connectivity index is 4.06. The Labute approximate surface area is 156 Å². The van der Waals surface area contributed by atoms with Gasteiger partial charge in [0.15, 0.2) is 0 Å². The third-order valence-corrected chi connectivity index (χ3v) is 3.35. The van der Waals surface area contributed by atoms with Gasteiger partial charge in [0, 0.05) is 32.4 Å². The highest BCUT2D eigenvalue weighted by Gasteiger charge is 2.19. The number of nitrogens with one attached hydrogen (secondary N) is 3. The molecule has 1 atom stereocenters. The van der Waals surface area contributed by atoms with Gasteiger partial charge in [-0.3, -0.25) is 19.2 Å². The summed E-state index contributed by atoms with van der Waals surface area (Å²) in [6, 6.07) is -1.20. The van der Waals surface area contributed by atoms with Crippen LogP contribution in [0, 0.1) is 0 Å². The predicted molar refractivity (Wildman–Crippen MR) is 95.3 cm³/mol. The molecule has 0 aromatic heterocycles. The first kappa shape index (κ1) is 24.0. The molecule has 0 unspecified atom stereocenters. The second-order valence-electron chi connectivity index (χ2n) is 5.67. The minimum Gasteiger partial charge on any atom is -0.481 e. The lowest BCUT2D eigenvalue weighted by Crippen LogP contribution is -2.44. The van der Waals surface area contributed by atoms with E-state index in [1.54, 1.807) is 0 Å². The van der Waals surface area contributed by atoms with E-state index in [0.717, 1.165) is 0 Å². The maximum atomic E-state index is 11.6.